The molecule has 0 aliphatic carbocycles. The highest BCUT2D eigenvalue weighted by molar-refractivity contribution is 7.71. The van der Waals surface area contributed by atoms with E-state index in [2.05, 4.69) is 21.6 Å². The number of H-pyrrole nitrogens is 1. The van der Waals surface area contributed by atoms with Crippen LogP contribution in [0.3, 0.4) is 0 Å². The summed E-state index contributed by atoms with van der Waals surface area (Å²) < 4.78 is 10.6. The number of hydrogen-bond acceptors (Lipinski definition) is 3. The minimum Gasteiger partial charge on any atom is -0.378 e. The molecule has 3 heterocycles. The van der Waals surface area contributed by atoms with Crippen LogP contribution in [-0.4, -0.2) is 32.0 Å². The van der Waals surface area contributed by atoms with Gasteiger partial charge in [-0.05, 0) is 37.9 Å². The molecule has 0 aromatic carbocycles. The van der Waals surface area contributed by atoms with E-state index in [1.54, 1.807) is 0 Å². The van der Waals surface area contributed by atoms with E-state index >= 15 is 0 Å². The van der Waals surface area contributed by atoms with Crippen LogP contribution in [-0.2, 0) is 24.8 Å². The van der Waals surface area contributed by atoms with Crippen LogP contribution in [0.1, 0.15) is 38.3 Å². The number of nitrogens with one attached hydrogen (secondary N) is 1. The fourth-order valence-corrected chi connectivity index (χ4v) is 3.32. The number of hydrogen-bond donors (Lipinski definition) is 1. The highest BCUT2D eigenvalue weighted by atomic mass is 32.1. The molecule has 1 fully saturated rings. The summed E-state index contributed by atoms with van der Waals surface area (Å²) in [4.78, 5) is 3.33. The first-order valence-corrected chi connectivity index (χ1v) is 7.87. The molecule has 110 valence electrons. The van der Waals surface area contributed by atoms with Crippen LogP contribution in [0.25, 0.3) is 11.2 Å². The Kier molecular flexibility index (Phi) is 3.94. The molecule has 0 radical (unpaired) electrons. The van der Waals surface area contributed by atoms with Crippen LogP contribution >= 0.6 is 12.2 Å². The standard InChI is InChI=1S/C14H22N4OS/c1-3-5-11-12-13(17(2)16-11)18(14(20)15-12)8-7-10-6-4-9-19-10/h10H,3-9H2,1-2H3,(H,15,20). The molecule has 1 aliphatic rings. The minimum absolute atomic E-state index is 0.394. The molecule has 1 saturated heterocycles. The molecule has 5 nitrogen and oxygen atoms in total. The molecule has 2 aromatic rings. The Hall–Kier alpha value is -1.14. The maximum absolute atomic E-state index is 5.70. The van der Waals surface area contributed by atoms with Gasteiger partial charge in [-0.25, -0.2) is 0 Å². The highest BCUT2D eigenvalue weighted by Crippen LogP contribution is 2.21. The third-order valence-electron chi connectivity index (χ3n) is 4.01. The summed E-state index contributed by atoms with van der Waals surface area (Å²) in [6, 6.07) is 0. The van der Waals surface area contributed by atoms with Gasteiger partial charge in [0.2, 0.25) is 0 Å². The van der Waals surface area contributed by atoms with Gasteiger partial charge in [0, 0.05) is 20.2 Å². The zero-order chi connectivity index (χ0) is 14.1. The molecular weight excluding hydrogens is 272 g/mol. The van der Waals surface area contributed by atoms with Crippen molar-refractivity contribution in [3.05, 3.63) is 10.5 Å². The predicted molar refractivity (Wildman–Crippen MR) is 81.5 cm³/mol. The van der Waals surface area contributed by atoms with Crippen LogP contribution in [0, 0.1) is 4.77 Å². The number of rotatable bonds is 5. The smallest absolute Gasteiger partial charge is 0.179 e. The summed E-state index contributed by atoms with van der Waals surface area (Å²) in [5.74, 6) is 0. The van der Waals surface area contributed by atoms with Crippen molar-refractivity contribution in [1.29, 1.82) is 0 Å². The number of aromatic amines is 1. The zero-order valence-corrected chi connectivity index (χ0v) is 13.0. The normalized spacial score (nSPS) is 19.2. The molecule has 1 unspecified atom stereocenters. The molecule has 1 atom stereocenters. The Bertz CT molecular complexity index is 648. The van der Waals surface area contributed by atoms with Gasteiger partial charge in [-0.15, -0.1) is 0 Å². The lowest BCUT2D eigenvalue weighted by molar-refractivity contribution is 0.100. The first kappa shape index (κ1) is 13.8. The molecule has 0 amide bonds. The van der Waals surface area contributed by atoms with Gasteiger partial charge in [0.1, 0.15) is 5.52 Å². The minimum atomic E-state index is 0.394. The Balaban J connectivity index is 1.89. The second-order valence-corrected chi connectivity index (χ2v) is 5.91. The van der Waals surface area contributed by atoms with Gasteiger partial charge in [0.15, 0.2) is 10.4 Å². The number of fused-ring (bicyclic) bond motifs is 1. The van der Waals surface area contributed by atoms with E-state index in [1.165, 1.54) is 12.8 Å². The topological polar surface area (TPSA) is 47.8 Å². The van der Waals surface area contributed by atoms with E-state index in [1.807, 2.05) is 11.7 Å². The van der Waals surface area contributed by atoms with Gasteiger partial charge in [0.05, 0.1) is 11.8 Å². The summed E-state index contributed by atoms with van der Waals surface area (Å²) in [5, 5.41) is 4.61. The lowest BCUT2D eigenvalue weighted by Gasteiger charge is -2.10. The van der Waals surface area contributed by atoms with E-state index < -0.39 is 0 Å². The quantitative estimate of drug-likeness (QED) is 0.863. The molecule has 0 spiro atoms. The molecule has 1 aliphatic heterocycles. The van der Waals surface area contributed by atoms with Gasteiger partial charge < -0.3 is 14.3 Å². The second kappa shape index (κ2) is 5.69. The number of aryl methyl sites for hydroxylation is 3. The summed E-state index contributed by atoms with van der Waals surface area (Å²) >= 11 is 5.48. The van der Waals surface area contributed by atoms with Gasteiger partial charge in [-0.1, -0.05) is 13.3 Å². The van der Waals surface area contributed by atoms with Gasteiger partial charge in [-0.2, -0.15) is 5.10 Å². The van der Waals surface area contributed by atoms with Crippen molar-refractivity contribution in [1.82, 2.24) is 19.3 Å². The molecule has 0 saturated carbocycles. The Morgan fingerprint density at radius 1 is 1.50 bits per heavy atom. The first-order chi connectivity index (χ1) is 9.70. The largest absolute Gasteiger partial charge is 0.378 e. The van der Waals surface area contributed by atoms with Crippen molar-refractivity contribution >= 4 is 23.4 Å². The Morgan fingerprint density at radius 3 is 3.05 bits per heavy atom. The SMILES string of the molecule is CCCc1nn(C)c2c1[nH]c(=S)n2CCC1CCCO1. The summed E-state index contributed by atoms with van der Waals surface area (Å²) in [6.45, 7) is 3.98. The molecule has 0 bridgehead atoms. The van der Waals surface area contributed by atoms with Crippen molar-refractivity contribution in [3.63, 3.8) is 0 Å². The lowest BCUT2D eigenvalue weighted by atomic mass is 10.2. The van der Waals surface area contributed by atoms with E-state index in [0.717, 1.165) is 54.0 Å². The van der Waals surface area contributed by atoms with Crippen LogP contribution in [0.15, 0.2) is 0 Å². The van der Waals surface area contributed by atoms with E-state index in [0.29, 0.717) is 6.10 Å². The summed E-state index contributed by atoms with van der Waals surface area (Å²) in [7, 11) is 1.99. The number of nitrogens with zero attached hydrogens (tertiary/aromatic N) is 3. The zero-order valence-electron chi connectivity index (χ0n) is 12.2. The maximum atomic E-state index is 5.70. The Morgan fingerprint density at radius 2 is 2.35 bits per heavy atom. The number of imidazole rings is 1. The van der Waals surface area contributed by atoms with Crippen LogP contribution in [0.2, 0.25) is 0 Å². The molecule has 3 rings (SSSR count). The van der Waals surface area contributed by atoms with E-state index in [-0.39, 0.29) is 0 Å². The second-order valence-electron chi connectivity index (χ2n) is 5.52. The molecule has 20 heavy (non-hydrogen) atoms. The fraction of sp³-hybridized carbons (Fsp3) is 0.714. The lowest BCUT2D eigenvalue weighted by Crippen LogP contribution is -2.11. The molecule has 2 aromatic heterocycles. The average molecular weight is 294 g/mol. The average Bonchev–Trinajstić information content (AvgIpc) is 3.08. The highest BCUT2D eigenvalue weighted by Gasteiger charge is 2.18. The molecular formula is C14H22N4OS. The van der Waals surface area contributed by atoms with Crippen molar-refractivity contribution in [2.24, 2.45) is 7.05 Å². The predicted octanol–water partition coefficient (Wildman–Crippen LogP) is 2.95. The van der Waals surface area contributed by atoms with Gasteiger partial charge in [-0.3, -0.25) is 4.68 Å². The number of ether oxygens (including phenoxy) is 1. The third kappa shape index (κ3) is 2.42. The van der Waals surface area contributed by atoms with Crippen LogP contribution in [0.5, 0.6) is 0 Å². The monoisotopic (exact) mass is 294 g/mol. The van der Waals surface area contributed by atoms with E-state index in [9.17, 15) is 0 Å². The van der Waals surface area contributed by atoms with Crippen molar-refractivity contribution < 1.29 is 4.74 Å². The number of aromatic nitrogens is 4. The van der Waals surface area contributed by atoms with Crippen molar-refractivity contribution in [3.8, 4) is 0 Å². The van der Waals surface area contributed by atoms with Crippen molar-refractivity contribution in [2.45, 2.75) is 51.7 Å². The van der Waals surface area contributed by atoms with Gasteiger partial charge in [0.25, 0.3) is 0 Å². The molecule has 1 N–H and O–H groups in total. The molecule has 6 heteroatoms. The summed E-state index contributed by atoms with van der Waals surface area (Å²) in [6.07, 6.45) is 5.85. The Labute approximate surface area is 123 Å². The van der Waals surface area contributed by atoms with Crippen LogP contribution < -0.4 is 0 Å². The van der Waals surface area contributed by atoms with E-state index in [4.69, 9.17) is 17.0 Å². The summed E-state index contributed by atoms with van der Waals surface area (Å²) in [5.41, 5.74) is 3.33. The van der Waals surface area contributed by atoms with Crippen LogP contribution in [0.4, 0.5) is 0 Å². The first-order valence-electron chi connectivity index (χ1n) is 7.46. The fourth-order valence-electron chi connectivity index (χ4n) is 3.04. The maximum Gasteiger partial charge on any atom is 0.179 e. The third-order valence-corrected chi connectivity index (χ3v) is 4.33. The van der Waals surface area contributed by atoms with Crippen molar-refractivity contribution in [2.75, 3.05) is 6.61 Å². The van der Waals surface area contributed by atoms with Gasteiger partial charge >= 0.3 is 0 Å².